The topological polar surface area (TPSA) is 124 Å². The van der Waals surface area contributed by atoms with Crippen molar-refractivity contribution in [1.82, 2.24) is 0 Å². The van der Waals surface area contributed by atoms with Gasteiger partial charge in [0.05, 0.1) is 17.0 Å². The highest BCUT2D eigenvalue weighted by atomic mass is 32.1. The molecule has 150 valence electrons. The van der Waals surface area contributed by atoms with Gasteiger partial charge in [-0.15, -0.1) is 11.3 Å². The lowest BCUT2D eigenvalue weighted by molar-refractivity contribution is -0.659. The van der Waals surface area contributed by atoms with E-state index in [1.807, 2.05) is 35.6 Å². The number of thiophene rings is 1. The lowest BCUT2D eigenvalue weighted by atomic mass is 10.1. The maximum absolute atomic E-state index is 12.4. The minimum Gasteiger partial charge on any atom is -0.460 e. The molecule has 0 fully saturated rings. The molecule has 0 atom stereocenters. The molecule has 1 aromatic carbocycles. The number of nitrogens with two attached hydrogens (primary N) is 2. The first-order chi connectivity index (χ1) is 13.4. The maximum Gasteiger partial charge on any atom is 0.341 e. The van der Waals surface area contributed by atoms with Gasteiger partial charge in [0, 0.05) is 12.7 Å². The fourth-order valence-corrected chi connectivity index (χ4v) is 3.60. The SMILES string of the molecule is COCCOC(=O)c1c(NC(=O)C[NH2+]Cc2ccccc2)sc(C(N)=O)c1C. The van der Waals surface area contributed by atoms with Crippen molar-refractivity contribution in [2.75, 3.05) is 32.2 Å². The summed E-state index contributed by atoms with van der Waals surface area (Å²) in [6.45, 7) is 2.72. The summed E-state index contributed by atoms with van der Waals surface area (Å²) in [5, 5.41) is 4.79. The van der Waals surface area contributed by atoms with Gasteiger partial charge in [0.2, 0.25) is 0 Å². The number of primary amides is 1. The van der Waals surface area contributed by atoms with Gasteiger partial charge in [-0.25, -0.2) is 4.79 Å². The zero-order chi connectivity index (χ0) is 20.5. The van der Waals surface area contributed by atoms with E-state index in [1.54, 1.807) is 6.92 Å². The molecule has 0 aliphatic heterocycles. The molecule has 2 rings (SSSR count). The first-order valence-electron chi connectivity index (χ1n) is 8.68. The van der Waals surface area contributed by atoms with Crippen molar-refractivity contribution in [3.8, 4) is 0 Å². The number of nitrogens with one attached hydrogen (secondary N) is 1. The number of quaternary nitrogens is 1. The maximum atomic E-state index is 12.4. The highest BCUT2D eigenvalue weighted by Crippen LogP contribution is 2.33. The summed E-state index contributed by atoms with van der Waals surface area (Å²) in [7, 11) is 1.49. The normalized spacial score (nSPS) is 10.5. The predicted octanol–water partition coefficient (Wildman–Crippen LogP) is 0.661. The van der Waals surface area contributed by atoms with E-state index in [2.05, 4.69) is 5.32 Å². The zero-order valence-corrected chi connectivity index (χ0v) is 16.6. The van der Waals surface area contributed by atoms with Crippen molar-refractivity contribution in [2.24, 2.45) is 5.73 Å². The zero-order valence-electron chi connectivity index (χ0n) is 15.8. The smallest absolute Gasteiger partial charge is 0.341 e. The van der Waals surface area contributed by atoms with Gasteiger partial charge < -0.3 is 25.8 Å². The first-order valence-corrected chi connectivity index (χ1v) is 9.50. The van der Waals surface area contributed by atoms with Crippen LogP contribution in [0.2, 0.25) is 0 Å². The van der Waals surface area contributed by atoms with Crippen molar-refractivity contribution in [1.29, 1.82) is 0 Å². The molecule has 0 saturated carbocycles. The number of amides is 2. The molecule has 5 N–H and O–H groups in total. The van der Waals surface area contributed by atoms with Gasteiger partial charge in [0.15, 0.2) is 6.54 Å². The second kappa shape index (κ2) is 10.5. The second-order valence-electron chi connectivity index (χ2n) is 5.98. The number of hydrogen-bond donors (Lipinski definition) is 3. The number of rotatable bonds is 10. The molecule has 0 radical (unpaired) electrons. The average Bonchev–Trinajstić information content (AvgIpc) is 2.99. The summed E-state index contributed by atoms with van der Waals surface area (Å²) >= 11 is 0.967. The predicted molar refractivity (Wildman–Crippen MR) is 105 cm³/mol. The van der Waals surface area contributed by atoms with Gasteiger partial charge in [-0.2, -0.15) is 0 Å². The van der Waals surface area contributed by atoms with Gasteiger partial charge >= 0.3 is 5.97 Å². The third-order valence-electron chi connectivity index (χ3n) is 3.90. The Balaban J connectivity index is 2.05. The summed E-state index contributed by atoms with van der Waals surface area (Å²) in [5.41, 5.74) is 7.01. The lowest BCUT2D eigenvalue weighted by Crippen LogP contribution is -2.84. The summed E-state index contributed by atoms with van der Waals surface area (Å²) in [5.74, 6) is -1.59. The molecule has 1 aromatic heterocycles. The Morgan fingerprint density at radius 1 is 1.18 bits per heavy atom. The van der Waals surface area contributed by atoms with Crippen LogP contribution in [0.15, 0.2) is 30.3 Å². The standard InChI is InChI=1S/C19H23N3O5S/c1-12-15(19(25)27-9-8-26-2)18(28-16(12)17(20)24)22-14(23)11-21-10-13-6-4-3-5-7-13/h3-7,21H,8-11H2,1-2H3,(H2,20,24)(H,22,23)/p+1. The fraction of sp³-hybridized carbons (Fsp3) is 0.316. The monoisotopic (exact) mass is 406 g/mol. The summed E-state index contributed by atoms with van der Waals surface area (Å²) < 4.78 is 9.99. The van der Waals surface area contributed by atoms with Crippen LogP contribution < -0.4 is 16.4 Å². The molecule has 9 heteroatoms. The molecule has 28 heavy (non-hydrogen) atoms. The average molecular weight is 406 g/mol. The van der Waals surface area contributed by atoms with Crippen molar-refractivity contribution >= 4 is 34.1 Å². The minimum atomic E-state index is -0.662. The van der Waals surface area contributed by atoms with Crippen LogP contribution in [-0.2, 0) is 20.8 Å². The number of benzene rings is 1. The molecule has 0 saturated heterocycles. The van der Waals surface area contributed by atoms with Gasteiger partial charge in [-0.05, 0) is 12.5 Å². The molecule has 1 heterocycles. The number of hydrogen-bond acceptors (Lipinski definition) is 6. The van der Waals surface area contributed by atoms with Gasteiger partial charge in [-0.3, -0.25) is 9.59 Å². The third-order valence-corrected chi connectivity index (χ3v) is 5.12. The minimum absolute atomic E-state index is 0.0643. The molecule has 0 bridgehead atoms. The van der Waals surface area contributed by atoms with E-state index in [0.29, 0.717) is 12.1 Å². The van der Waals surface area contributed by atoms with Crippen LogP contribution in [0.4, 0.5) is 5.00 Å². The fourth-order valence-electron chi connectivity index (χ4n) is 2.53. The number of esters is 1. The van der Waals surface area contributed by atoms with Crippen LogP contribution in [-0.4, -0.2) is 44.7 Å². The number of anilines is 1. The second-order valence-corrected chi connectivity index (χ2v) is 7.00. The molecule has 0 aliphatic carbocycles. The van der Waals surface area contributed by atoms with Crippen molar-refractivity contribution < 1.29 is 29.2 Å². The quantitative estimate of drug-likeness (QED) is 0.395. The number of methoxy groups -OCH3 is 1. The summed E-state index contributed by atoms with van der Waals surface area (Å²) in [6.07, 6.45) is 0. The first kappa shape index (κ1) is 21.5. The number of ether oxygens (including phenoxy) is 2. The Hall–Kier alpha value is -2.75. The number of carbonyl (C=O) groups excluding carboxylic acids is 3. The van der Waals surface area contributed by atoms with Crippen LogP contribution in [0.3, 0.4) is 0 Å². The van der Waals surface area contributed by atoms with Crippen molar-refractivity contribution in [3.05, 3.63) is 51.9 Å². The van der Waals surface area contributed by atoms with Crippen molar-refractivity contribution in [2.45, 2.75) is 13.5 Å². The highest BCUT2D eigenvalue weighted by Gasteiger charge is 2.26. The largest absolute Gasteiger partial charge is 0.460 e. The van der Waals surface area contributed by atoms with E-state index in [1.165, 1.54) is 7.11 Å². The lowest BCUT2D eigenvalue weighted by Gasteiger charge is -2.08. The van der Waals surface area contributed by atoms with E-state index in [4.69, 9.17) is 15.2 Å². The Bertz CT molecular complexity index is 836. The molecule has 8 nitrogen and oxygen atoms in total. The van der Waals surface area contributed by atoms with E-state index in [0.717, 1.165) is 16.9 Å². The van der Waals surface area contributed by atoms with E-state index in [9.17, 15) is 14.4 Å². The van der Waals surface area contributed by atoms with E-state index >= 15 is 0 Å². The van der Waals surface area contributed by atoms with Crippen LogP contribution in [0.5, 0.6) is 0 Å². The Morgan fingerprint density at radius 3 is 2.54 bits per heavy atom. The molecular formula is C19H24N3O5S+. The van der Waals surface area contributed by atoms with Crippen LogP contribution in [0.25, 0.3) is 0 Å². The van der Waals surface area contributed by atoms with Crippen LogP contribution in [0, 0.1) is 6.92 Å². The van der Waals surface area contributed by atoms with E-state index < -0.39 is 11.9 Å². The number of carbonyl (C=O) groups is 3. The Labute approximate surface area is 167 Å². The molecular weight excluding hydrogens is 382 g/mol. The van der Waals surface area contributed by atoms with E-state index in [-0.39, 0.29) is 41.1 Å². The third kappa shape index (κ3) is 5.88. The highest BCUT2D eigenvalue weighted by molar-refractivity contribution is 7.18. The van der Waals surface area contributed by atoms with Crippen molar-refractivity contribution in [3.63, 3.8) is 0 Å². The summed E-state index contributed by atoms with van der Waals surface area (Å²) in [4.78, 5) is 36.5. The van der Waals surface area contributed by atoms with Gasteiger partial charge in [0.1, 0.15) is 18.2 Å². The molecule has 2 amide bonds. The van der Waals surface area contributed by atoms with Crippen LogP contribution >= 0.6 is 11.3 Å². The molecule has 0 aliphatic rings. The molecule has 0 spiro atoms. The molecule has 0 unspecified atom stereocenters. The Kier molecular flexibility index (Phi) is 8.12. The molecule has 2 aromatic rings. The Morgan fingerprint density at radius 2 is 1.89 bits per heavy atom. The van der Waals surface area contributed by atoms with Gasteiger partial charge in [-0.1, -0.05) is 30.3 Å². The summed E-state index contributed by atoms with van der Waals surface area (Å²) in [6, 6.07) is 9.75. The van der Waals surface area contributed by atoms with Crippen LogP contribution in [0.1, 0.15) is 31.2 Å². The van der Waals surface area contributed by atoms with Gasteiger partial charge in [0.25, 0.3) is 11.8 Å².